The van der Waals surface area contributed by atoms with Gasteiger partial charge in [0.05, 0.1) is 5.92 Å². The van der Waals surface area contributed by atoms with Crippen LogP contribution in [0.4, 0.5) is 13.2 Å². The zero-order valence-corrected chi connectivity index (χ0v) is 14.3. The molecule has 1 atom stereocenters. The quantitative estimate of drug-likeness (QED) is 0.774. The van der Waals surface area contributed by atoms with E-state index in [9.17, 15) is 22.8 Å². The van der Waals surface area contributed by atoms with Crippen LogP contribution in [-0.2, 0) is 4.79 Å². The molecule has 1 aromatic carbocycles. The van der Waals surface area contributed by atoms with Crippen molar-refractivity contribution in [1.29, 1.82) is 0 Å². The summed E-state index contributed by atoms with van der Waals surface area (Å²) in [4.78, 5) is 26.1. The Morgan fingerprint density at radius 3 is 2.56 bits per heavy atom. The Labute approximate surface area is 148 Å². The van der Waals surface area contributed by atoms with Crippen LogP contribution in [0.25, 0.3) is 0 Å². The Kier molecular flexibility index (Phi) is 6.71. The van der Waals surface area contributed by atoms with Crippen molar-refractivity contribution in [2.45, 2.75) is 23.2 Å². The molecule has 1 heterocycles. The molecule has 1 saturated heterocycles. The third-order valence-electron chi connectivity index (χ3n) is 3.86. The Hall–Kier alpha value is -1.74. The van der Waals surface area contributed by atoms with Gasteiger partial charge in [-0.25, -0.2) is 0 Å². The molecule has 5 nitrogen and oxygen atoms in total. The number of hydrogen-bond acceptors (Lipinski definition) is 4. The first kappa shape index (κ1) is 19.6. The van der Waals surface area contributed by atoms with Crippen LogP contribution in [0.5, 0.6) is 0 Å². The van der Waals surface area contributed by atoms with Crippen LogP contribution in [0.15, 0.2) is 29.2 Å². The summed E-state index contributed by atoms with van der Waals surface area (Å²) in [6, 6.07) is 5.32. The number of carbonyl (C=O) groups is 2. The van der Waals surface area contributed by atoms with E-state index in [0.29, 0.717) is 44.6 Å². The fraction of sp³-hybridized carbons (Fsp3) is 0.500. The number of rotatable bonds is 5. The Morgan fingerprint density at radius 1 is 1.28 bits per heavy atom. The van der Waals surface area contributed by atoms with Crippen LogP contribution in [0.1, 0.15) is 23.2 Å². The van der Waals surface area contributed by atoms with Crippen molar-refractivity contribution in [1.82, 2.24) is 10.2 Å². The van der Waals surface area contributed by atoms with Crippen LogP contribution in [0, 0.1) is 5.92 Å². The number of halogens is 3. The molecule has 0 bridgehead atoms. The van der Waals surface area contributed by atoms with Gasteiger partial charge in [-0.1, -0.05) is 0 Å². The maximum Gasteiger partial charge on any atom is 0.446 e. The lowest BCUT2D eigenvalue weighted by Gasteiger charge is -2.32. The second-order valence-corrected chi connectivity index (χ2v) is 6.88. The van der Waals surface area contributed by atoms with E-state index in [0.717, 1.165) is 0 Å². The van der Waals surface area contributed by atoms with E-state index in [2.05, 4.69) is 5.32 Å². The minimum absolute atomic E-state index is 0.0294. The molecule has 1 aromatic rings. The molecule has 0 aliphatic carbocycles. The lowest BCUT2D eigenvalue weighted by Crippen LogP contribution is -2.46. The molecule has 0 spiro atoms. The number of thioether (sulfide) groups is 1. The highest BCUT2D eigenvalue weighted by molar-refractivity contribution is 8.00. The third-order valence-corrected chi connectivity index (χ3v) is 4.60. The average molecular weight is 375 g/mol. The van der Waals surface area contributed by atoms with Gasteiger partial charge in [-0.3, -0.25) is 9.59 Å². The zero-order chi connectivity index (χ0) is 18.4. The minimum atomic E-state index is -4.36. The van der Waals surface area contributed by atoms with E-state index in [1.807, 2.05) is 0 Å². The predicted octanol–water partition coefficient (Wildman–Crippen LogP) is 2.23. The van der Waals surface area contributed by atoms with Gasteiger partial charge >= 0.3 is 5.51 Å². The first-order chi connectivity index (χ1) is 11.8. The van der Waals surface area contributed by atoms with Gasteiger partial charge in [-0.15, -0.1) is 0 Å². The highest BCUT2D eigenvalue weighted by Crippen LogP contribution is 2.36. The summed E-state index contributed by atoms with van der Waals surface area (Å²) in [5.41, 5.74) is 1.31. The topological polar surface area (TPSA) is 75.4 Å². The summed E-state index contributed by atoms with van der Waals surface area (Å²) < 4.78 is 37.0. The SMILES string of the molecule is NCCNC(=O)C1CCCN(C(=O)c2ccc(SC(F)(F)F)cc2)C1. The highest BCUT2D eigenvalue weighted by Gasteiger charge is 2.30. The average Bonchev–Trinajstić information content (AvgIpc) is 2.58. The zero-order valence-electron chi connectivity index (χ0n) is 13.5. The van der Waals surface area contributed by atoms with Crippen molar-refractivity contribution in [2.75, 3.05) is 26.2 Å². The van der Waals surface area contributed by atoms with Crippen LogP contribution in [0.3, 0.4) is 0 Å². The summed E-state index contributed by atoms with van der Waals surface area (Å²) in [6.07, 6.45) is 1.40. The molecule has 25 heavy (non-hydrogen) atoms. The molecule has 2 amide bonds. The molecular weight excluding hydrogens is 355 g/mol. The molecule has 1 aliphatic heterocycles. The third kappa shape index (κ3) is 5.93. The van der Waals surface area contributed by atoms with Gasteiger partial charge in [0.15, 0.2) is 0 Å². The molecule has 0 radical (unpaired) electrons. The molecule has 0 saturated carbocycles. The minimum Gasteiger partial charge on any atom is -0.355 e. The van der Waals surface area contributed by atoms with Crippen molar-refractivity contribution in [3.8, 4) is 0 Å². The molecular formula is C16H20F3N3O2S. The van der Waals surface area contributed by atoms with Gasteiger partial charge in [0.25, 0.3) is 5.91 Å². The number of amides is 2. The number of carbonyl (C=O) groups excluding carboxylic acids is 2. The summed E-state index contributed by atoms with van der Waals surface area (Å²) >= 11 is -0.219. The van der Waals surface area contributed by atoms with E-state index < -0.39 is 5.51 Å². The van der Waals surface area contributed by atoms with E-state index in [1.165, 1.54) is 24.3 Å². The summed E-state index contributed by atoms with van der Waals surface area (Å²) in [6.45, 7) is 1.57. The molecule has 138 valence electrons. The number of likely N-dealkylation sites (tertiary alicyclic amines) is 1. The van der Waals surface area contributed by atoms with Crippen LogP contribution in [0.2, 0.25) is 0 Å². The van der Waals surface area contributed by atoms with Gasteiger partial charge < -0.3 is 16.0 Å². The largest absolute Gasteiger partial charge is 0.446 e. The van der Waals surface area contributed by atoms with Gasteiger partial charge in [0.2, 0.25) is 5.91 Å². The predicted molar refractivity (Wildman–Crippen MR) is 89.0 cm³/mol. The summed E-state index contributed by atoms with van der Waals surface area (Å²) in [5.74, 6) is -0.691. The van der Waals surface area contributed by atoms with E-state index >= 15 is 0 Å². The second kappa shape index (κ2) is 8.57. The molecule has 0 aromatic heterocycles. The Balaban J connectivity index is 1.98. The number of alkyl halides is 3. The highest BCUT2D eigenvalue weighted by atomic mass is 32.2. The Bertz CT molecular complexity index is 608. The first-order valence-electron chi connectivity index (χ1n) is 7.93. The van der Waals surface area contributed by atoms with Crippen molar-refractivity contribution >= 4 is 23.6 Å². The molecule has 1 fully saturated rings. The second-order valence-electron chi connectivity index (χ2n) is 5.74. The Morgan fingerprint density at radius 2 is 1.96 bits per heavy atom. The molecule has 2 rings (SSSR count). The number of piperidine rings is 1. The van der Waals surface area contributed by atoms with Crippen LogP contribution >= 0.6 is 11.8 Å². The summed E-state index contributed by atoms with van der Waals surface area (Å²) in [5, 5.41) is 2.72. The number of nitrogens with zero attached hydrogens (tertiary/aromatic N) is 1. The normalized spacial score (nSPS) is 18.1. The van der Waals surface area contributed by atoms with Gasteiger partial charge in [-0.05, 0) is 48.9 Å². The van der Waals surface area contributed by atoms with Gasteiger partial charge in [0, 0.05) is 36.6 Å². The van der Waals surface area contributed by atoms with Crippen LogP contribution < -0.4 is 11.1 Å². The van der Waals surface area contributed by atoms with E-state index in [-0.39, 0.29) is 34.4 Å². The lowest BCUT2D eigenvalue weighted by molar-refractivity contribution is -0.126. The monoisotopic (exact) mass is 375 g/mol. The molecule has 1 aliphatic rings. The van der Waals surface area contributed by atoms with Gasteiger partial charge in [-0.2, -0.15) is 13.2 Å². The lowest BCUT2D eigenvalue weighted by atomic mass is 9.96. The first-order valence-corrected chi connectivity index (χ1v) is 8.74. The van der Waals surface area contributed by atoms with Crippen LogP contribution in [-0.4, -0.2) is 48.4 Å². The van der Waals surface area contributed by atoms with E-state index in [1.54, 1.807) is 4.90 Å². The maximum atomic E-state index is 12.5. The fourth-order valence-electron chi connectivity index (χ4n) is 2.70. The number of nitrogens with two attached hydrogens (primary N) is 1. The van der Waals surface area contributed by atoms with Crippen molar-refractivity contribution in [3.63, 3.8) is 0 Å². The standard InChI is InChI=1S/C16H20F3N3O2S/c17-16(18,19)25-13-5-3-11(4-6-13)15(24)22-9-1-2-12(10-22)14(23)21-8-7-20/h3-6,12H,1-2,7-10,20H2,(H,21,23). The van der Waals surface area contributed by atoms with Crippen molar-refractivity contribution in [2.24, 2.45) is 11.7 Å². The number of nitrogens with one attached hydrogen (secondary N) is 1. The van der Waals surface area contributed by atoms with E-state index in [4.69, 9.17) is 5.73 Å². The van der Waals surface area contributed by atoms with Gasteiger partial charge in [0.1, 0.15) is 0 Å². The maximum absolute atomic E-state index is 12.5. The number of hydrogen-bond donors (Lipinski definition) is 2. The number of benzene rings is 1. The summed E-state index contributed by atoms with van der Waals surface area (Å²) in [7, 11) is 0. The fourth-order valence-corrected chi connectivity index (χ4v) is 3.24. The smallest absolute Gasteiger partial charge is 0.355 e. The van der Waals surface area contributed by atoms with Crippen molar-refractivity contribution < 1.29 is 22.8 Å². The molecule has 3 N–H and O–H groups in total. The molecule has 1 unspecified atom stereocenters. The van der Waals surface area contributed by atoms with Crippen molar-refractivity contribution in [3.05, 3.63) is 29.8 Å². The molecule has 9 heteroatoms.